The summed E-state index contributed by atoms with van der Waals surface area (Å²) in [6.45, 7) is 8.25. The molecule has 1 unspecified atom stereocenters. The molecule has 4 rings (SSSR count). The molecule has 10 heteroatoms. The molecule has 8 nitrogen and oxygen atoms in total. The highest BCUT2D eigenvalue weighted by Gasteiger charge is 2.57. The van der Waals surface area contributed by atoms with Crippen molar-refractivity contribution in [3.63, 3.8) is 0 Å². The summed E-state index contributed by atoms with van der Waals surface area (Å²) >= 11 is 0.490. The van der Waals surface area contributed by atoms with Crippen molar-refractivity contribution in [2.75, 3.05) is 12.4 Å². The molecule has 3 aromatic carbocycles. The highest BCUT2D eigenvalue weighted by molar-refractivity contribution is 8.25. The Labute approximate surface area is 256 Å². The number of nitrogens with one attached hydrogen (secondary N) is 2. The molecule has 224 valence electrons. The molecular formula is C33H34N2O6S2. The van der Waals surface area contributed by atoms with E-state index in [1.54, 1.807) is 6.07 Å². The summed E-state index contributed by atoms with van der Waals surface area (Å²) in [6.07, 6.45) is 0.454. The van der Waals surface area contributed by atoms with Gasteiger partial charge >= 0.3 is 0 Å². The number of hydrogen-bond acceptors (Lipinski definition) is 7. The van der Waals surface area contributed by atoms with Crippen molar-refractivity contribution in [2.45, 2.75) is 61.3 Å². The Morgan fingerprint density at radius 2 is 1.70 bits per heavy atom. The molecule has 1 aliphatic rings. The van der Waals surface area contributed by atoms with E-state index >= 15 is 0 Å². The van der Waals surface area contributed by atoms with Gasteiger partial charge < -0.3 is 10.1 Å². The number of anilines is 1. The minimum Gasteiger partial charge on any atom is -0.497 e. The molecule has 3 aromatic rings. The summed E-state index contributed by atoms with van der Waals surface area (Å²) < 4.78 is 30.3. The van der Waals surface area contributed by atoms with E-state index in [1.165, 1.54) is 31.4 Å². The van der Waals surface area contributed by atoms with Gasteiger partial charge in [0.15, 0.2) is 0 Å². The average Bonchev–Trinajstić information content (AvgIpc) is 3.27. The van der Waals surface area contributed by atoms with Crippen LogP contribution in [-0.2, 0) is 20.0 Å². The quantitative estimate of drug-likeness (QED) is 0.227. The normalized spacial score (nSPS) is 16.7. The van der Waals surface area contributed by atoms with Gasteiger partial charge in [-0.3, -0.25) is 19.7 Å². The van der Waals surface area contributed by atoms with Gasteiger partial charge in [0.25, 0.3) is 17.1 Å². The topological polar surface area (TPSA) is 119 Å². The lowest BCUT2D eigenvalue weighted by Gasteiger charge is -2.24. The van der Waals surface area contributed by atoms with Crippen molar-refractivity contribution >= 4 is 44.3 Å². The number of methoxy groups -OCH3 is 1. The number of rotatable bonds is 8. The highest BCUT2D eigenvalue weighted by atomic mass is 32.3. The Morgan fingerprint density at radius 3 is 2.28 bits per heavy atom. The van der Waals surface area contributed by atoms with Crippen LogP contribution >= 0.6 is 11.8 Å². The largest absolute Gasteiger partial charge is 0.497 e. The van der Waals surface area contributed by atoms with Gasteiger partial charge in [-0.1, -0.05) is 50.8 Å². The molecular weight excluding hydrogens is 585 g/mol. The van der Waals surface area contributed by atoms with E-state index in [9.17, 15) is 22.8 Å². The minimum absolute atomic E-state index is 0.00923. The van der Waals surface area contributed by atoms with Crippen molar-refractivity contribution < 1.29 is 27.5 Å². The maximum Gasteiger partial charge on any atom is 0.287 e. The minimum atomic E-state index is -4.22. The van der Waals surface area contributed by atoms with Crippen LogP contribution in [0.3, 0.4) is 0 Å². The average molecular weight is 619 g/mol. The van der Waals surface area contributed by atoms with Gasteiger partial charge in [-0.2, -0.15) is 0 Å². The van der Waals surface area contributed by atoms with Gasteiger partial charge in [0.1, 0.15) is 5.75 Å². The van der Waals surface area contributed by atoms with Crippen LogP contribution < -0.4 is 15.4 Å². The first kappa shape index (κ1) is 31.9. The number of sulfone groups is 1. The van der Waals surface area contributed by atoms with Gasteiger partial charge in [0.05, 0.1) is 12.0 Å². The Hall–Kier alpha value is -4.07. The third-order valence-corrected chi connectivity index (χ3v) is 11.2. The standard InChI is InChI=1S/C33H34N2O6S2/c1-22-10-15-26(34-29(36)23-11-13-25(14-12-23)32(2,3)4)21-24(22)9-7-6-8-20-33(30(37)35-31(38)42-33)43(39,40)28-18-16-27(41-5)17-19-28/h10-19,21H,6,8,20H2,1-5H3,(H,34,36)(H,35,37,38). The summed E-state index contributed by atoms with van der Waals surface area (Å²) in [5, 5.41) is 4.35. The maximum atomic E-state index is 13.6. The van der Waals surface area contributed by atoms with Crippen LogP contribution in [0.1, 0.15) is 67.1 Å². The molecule has 43 heavy (non-hydrogen) atoms. The number of aryl methyl sites for hydroxylation is 1. The number of thioether (sulfide) groups is 1. The molecule has 0 aromatic heterocycles. The number of ether oxygens (including phenoxy) is 1. The predicted octanol–water partition coefficient (Wildman–Crippen LogP) is 6.23. The molecule has 2 N–H and O–H groups in total. The van der Waals surface area contributed by atoms with Crippen LogP contribution in [0, 0.1) is 18.8 Å². The SMILES string of the molecule is COc1ccc(S(=O)(=O)C2(CCCC#Cc3cc(NC(=O)c4ccc(C(C)(C)C)cc4)ccc3C)SC(=O)NC2=O)cc1. The van der Waals surface area contributed by atoms with Gasteiger partial charge in [-0.05, 0) is 96.6 Å². The molecule has 1 heterocycles. The lowest BCUT2D eigenvalue weighted by molar-refractivity contribution is -0.120. The molecule has 0 spiro atoms. The molecule has 1 fully saturated rings. The zero-order chi connectivity index (χ0) is 31.4. The van der Waals surface area contributed by atoms with E-state index in [0.717, 1.165) is 11.1 Å². The summed E-state index contributed by atoms with van der Waals surface area (Å²) in [5.74, 6) is 5.53. The number of imide groups is 1. The Kier molecular flexibility index (Phi) is 9.38. The first-order valence-electron chi connectivity index (χ1n) is 13.7. The molecule has 0 bridgehead atoms. The van der Waals surface area contributed by atoms with Crippen LogP contribution in [0.25, 0.3) is 0 Å². The second-order valence-electron chi connectivity index (χ2n) is 11.2. The lowest BCUT2D eigenvalue weighted by Crippen LogP contribution is -2.43. The number of carbonyl (C=O) groups excluding carboxylic acids is 3. The van der Waals surface area contributed by atoms with Crippen molar-refractivity contribution in [3.8, 4) is 17.6 Å². The van der Waals surface area contributed by atoms with Crippen molar-refractivity contribution in [1.29, 1.82) is 0 Å². The van der Waals surface area contributed by atoms with E-state index < -0.39 is 25.1 Å². The second-order valence-corrected chi connectivity index (χ2v) is 14.9. The lowest BCUT2D eigenvalue weighted by atomic mass is 9.87. The van der Waals surface area contributed by atoms with Crippen LogP contribution in [0.15, 0.2) is 71.6 Å². The summed E-state index contributed by atoms with van der Waals surface area (Å²) in [7, 11) is -2.75. The van der Waals surface area contributed by atoms with E-state index in [2.05, 4.69) is 43.2 Å². The molecule has 3 amide bonds. The van der Waals surface area contributed by atoms with Crippen molar-refractivity contribution in [2.24, 2.45) is 0 Å². The number of hydrogen-bond donors (Lipinski definition) is 2. The molecule has 1 aliphatic heterocycles. The monoisotopic (exact) mass is 618 g/mol. The number of amides is 3. The second kappa shape index (κ2) is 12.7. The fourth-order valence-corrected chi connectivity index (χ4v) is 7.93. The maximum absolute atomic E-state index is 13.6. The number of carbonyl (C=O) groups is 3. The predicted molar refractivity (Wildman–Crippen MR) is 169 cm³/mol. The molecule has 1 saturated heterocycles. The summed E-state index contributed by atoms with van der Waals surface area (Å²) in [4.78, 5) is 37.7. The Balaban J connectivity index is 1.45. The third kappa shape index (κ3) is 6.95. The Bertz CT molecular complexity index is 1710. The summed E-state index contributed by atoms with van der Waals surface area (Å²) in [5.41, 5.74) is 3.90. The van der Waals surface area contributed by atoms with E-state index in [1.807, 2.05) is 43.3 Å². The molecule has 1 atom stereocenters. The van der Waals surface area contributed by atoms with E-state index in [4.69, 9.17) is 4.74 Å². The first-order chi connectivity index (χ1) is 20.3. The Morgan fingerprint density at radius 1 is 1.02 bits per heavy atom. The van der Waals surface area contributed by atoms with E-state index in [-0.39, 0.29) is 35.5 Å². The zero-order valence-electron chi connectivity index (χ0n) is 24.7. The van der Waals surface area contributed by atoms with Gasteiger partial charge in [-0.25, -0.2) is 8.42 Å². The van der Waals surface area contributed by atoms with Crippen LogP contribution in [0.4, 0.5) is 10.5 Å². The van der Waals surface area contributed by atoms with Gasteiger partial charge in [-0.15, -0.1) is 0 Å². The molecule has 0 radical (unpaired) electrons. The van der Waals surface area contributed by atoms with Gasteiger partial charge in [0.2, 0.25) is 13.9 Å². The zero-order valence-corrected chi connectivity index (χ0v) is 26.4. The van der Waals surface area contributed by atoms with Crippen molar-refractivity contribution in [1.82, 2.24) is 5.32 Å². The third-order valence-electron chi connectivity index (χ3n) is 7.16. The van der Waals surface area contributed by atoms with E-state index in [0.29, 0.717) is 34.3 Å². The van der Waals surface area contributed by atoms with Crippen LogP contribution in [-0.4, -0.2) is 36.7 Å². The van der Waals surface area contributed by atoms with Crippen molar-refractivity contribution in [3.05, 3.63) is 89.0 Å². The highest BCUT2D eigenvalue weighted by Crippen LogP contribution is 2.44. The summed E-state index contributed by atoms with van der Waals surface area (Å²) in [6, 6.07) is 18.7. The molecule has 0 aliphatic carbocycles. The van der Waals surface area contributed by atoms with Gasteiger partial charge in [0, 0.05) is 23.2 Å². The fourth-order valence-electron chi connectivity index (χ4n) is 4.56. The number of benzene rings is 3. The van der Waals surface area contributed by atoms with Crippen LogP contribution in [0.5, 0.6) is 5.75 Å². The first-order valence-corrected chi connectivity index (χ1v) is 16.0. The molecule has 0 saturated carbocycles. The smallest absolute Gasteiger partial charge is 0.287 e. The fraction of sp³-hybridized carbons (Fsp3) is 0.303. The number of unbranched alkanes of at least 4 members (excludes halogenated alkanes) is 1. The van der Waals surface area contributed by atoms with Crippen LogP contribution in [0.2, 0.25) is 0 Å².